The zero-order chi connectivity index (χ0) is 20.8. The average molecular weight is 381 g/mol. The molecule has 10 heteroatoms. The van der Waals surface area contributed by atoms with Crippen molar-refractivity contribution in [2.45, 2.75) is 0 Å². The molecule has 9 nitrogen and oxygen atoms in total. The van der Waals surface area contributed by atoms with E-state index in [1.807, 2.05) is 0 Å². The van der Waals surface area contributed by atoms with Crippen molar-refractivity contribution in [2.24, 2.45) is 11.5 Å². The number of benzene rings is 3. The summed E-state index contributed by atoms with van der Waals surface area (Å²) in [5.41, 5.74) is 13.0. The molecule has 0 aliphatic heterocycles. The lowest BCUT2D eigenvalue weighted by Gasteiger charge is -2.10. The Morgan fingerprint density at radius 2 is 1.39 bits per heavy atom. The molecule has 0 radical (unpaired) electrons. The summed E-state index contributed by atoms with van der Waals surface area (Å²) in [4.78, 5) is 32.9. The van der Waals surface area contributed by atoms with Gasteiger partial charge in [-0.25, -0.2) is 0 Å². The molecule has 28 heavy (non-hydrogen) atoms. The van der Waals surface area contributed by atoms with E-state index in [2.05, 4.69) is 24.3 Å². The molecular formula is C18H16BN3O6. The molecule has 2 aromatic rings. The van der Waals surface area contributed by atoms with E-state index in [9.17, 15) is 19.7 Å². The fourth-order valence-electron chi connectivity index (χ4n) is 2.58. The molecule has 0 aromatic heterocycles. The Hall–Kier alpha value is -3.76. The lowest BCUT2D eigenvalue weighted by Crippen LogP contribution is -2.16. The lowest BCUT2D eigenvalue weighted by molar-refractivity contribution is -0.384. The first kappa shape index (κ1) is 20.6. The highest BCUT2D eigenvalue weighted by Gasteiger charge is 2.18. The second kappa shape index (κ2) is 8.76. The van der Waals surface area contributed by atoms with Gasteiger partial charge in [0.15, 0.2) is 0 Å². The summed E-state index contributed by atoms with van der Waals surface area (Å²) in [6.45, 7) is 0. The number of non-ortho nitro benzene ring substituents is 1. The van der Waals surface area contributed by atoms with Crippen molar-refractivity contribution in [3.8, 4) is 11.1 Å². The van der Waals surface area contributed by atoms with Gasteiger partial charge in [0.2, 0.25) is 11.8 Å². The van der Waals surface area contributed by atoms with Crippen LogP contribution in [0.15, 0.2) is 54.6 Å². The number of hydrogen-bond acceptors (Lipinski definition) is 6. The molecule has 0 heterocycles. The number of carbonyl (C=O) groups is 2. The molecule has 0 atom stereocenters. The van der Waals surface area contributed by atoms with Crippen LogP contribution in [0.1, 0.15) is 20.7 Å². The van der Waals surface area contributed by atoms with Gasteiger partial charge in [-0.15, -0.1) is 0 Å². The zero-order valence-corrected chi connectivity index (χ0v) is 14.5. The van der Waals surface area contributed by atoms with Gasteiger partial charge in [0.1, 0.15) is 0 Å². The smallest absolute Gasteiger partial charge is 0.430 e. The van der Waals surface area contributed by atoms with Gasteiger partial charge in [-0.3, -0.25) is 19.7 Å². The van der Waals surface area contributed by atoms with Gasteiger partial charge >= 0.3 is 7.69 Å². The standard InChI is InChI=1S/C12H9N3O4.C6H4.BH3O2/c13-11(16)8-3-1-2-6-4-7(15(18)19)5-9(10(6)8)12(14)17;1-2-6-4-3-5(1)6;2-1-3/h1-5H,(H2,13,16)(H2,14,17);1-4H;1-3H. The molecule has 2 aromatic carbocycles. The van der Waals surface area contributed by atoms with Gasteiger partial charge in [0.25, 0.3) is 5.69 Å². The Bertz CT molecular complexity index is 1030. The molecule has 0 unspecified atom stereocenters. The Morgan fingerprint density at radius 1 is 0.893 bits per heavy atom. The number of nitrogens with zero attached hydrogens (tertiary/aromatic N) is 1. The van der Waals surface area contributed by atoms with Crippen molar-refractivity contribution in [2.75, 3.05) is 0 Å². The van der Waals surface area contributed by atoms with Gasteiger partial charge in [0.05, 0.1) is 10.5 Å². The van der Waals surface area contributed by atoms with E-state index in [0.717, 1.165) is 6.07 Å². The van der Waals surface area contributed by atoms with Crippen LogP contribution in [0.4, 0.5) is 5.69 Å². The molecule has 0 fully saturated rings. The topological polar surface area (TPSA) is 170 Å². The first-order valence-corrected chi connectivity index (χ1v) is 7.93. The number of primary amides is 2. The van der Waals surface area contributed by atoms with Gasteiger partial charge in [-0.05, 0) is 22.6 Å². The summed E-state index contributed by atoms with van der Waals surface area (Å²) in [6.07, 6.45) is 0. The number of nitro benzene ring substituents is 1. The molecule has 2 amide bonds. The van der Waals surface area contributed by atoms with Crippen LogP contribution < -0.4 is 11.5 Å². The summed E-state index contributed by atoms with van der Waals surface area (Å²) in [7, 11) is -0.750. The Kier molecular flexibility index (Phi) is 6.43. The van der Waals surface area contributed by atoms with Crippen LogP contribution in [-0.4, -0.2) is 34.5 Å². The molecule has 6 N–H and O–H groups in total. The second-order valence-electron chi connectivity index (χ2n) is 5.60. The largest absolute Gasteiger partial charge is 0.432 e. The molecule has 0 bridgehead atoms. The molecule has 4 rings (SSSR count). The van der Waals surface area contributed by atoms with E-state index in [1.54, 1.807) is 6.07 Å². The van der Waals surface area contributed by atoms with Crippen molar-refractivity contribution in [1.82, 2.24) is 0 Å². The van der Waals surface area contributed by atoms with Crippen LogP contribution in [-0.2, 0) is 0 Å². The maximum atomic E-state index is 11.4. The maximum absolute atomic E-state index is 11.4. The maximum Gasteiger partial charge on any atom is 0.432 e. The number of rotatable bonds is 3. The van der Waals surface area contributed by atoms with Gasteiger partial charge < -0.3 is 21.5 Å². The molecule has 0 spiro atoms. The van der Waals surface area contributed by atoms with Crippen LogP contribution in [0.2, 0.25) is 0 Å². The average Bonchev–Trinajstić information content (AvgIpc) is 2.64. The van der Waals surface area contributed by atoms with Crippen LogP contribution in [0, 0.1) is 10.1 Å². The van der Waals surface area contributed by atoms with Gasteiger partial charge in [-0.1, -0.05) is 36.4 Å². The highest BCUT2D eigenvalue weighted by Crippen LogP contribution is 2.29. The predicted molar refractivity (Wildman–Crippen MR) is 105 cm³/mol. The predicted octanol–water partition coefficient (Wildman–Crippen LogP) is 0.850. The van der Waals surface area contributed by atoms with Crippen LogP contribution in [0.3, 0.4) is 0 Å². The third-order valence-corrected chi connectivity index (χ3v) is 3.92. The fourth-order valence-corrected chi connectivity index (χ4v) is 2.58. The van der Waals surface area contributed by atoms with Gasteiger partial charge in [0, 0.05) is 23.1 Å². The van der Waals surface area contributed by atoms with E-state index >= 15 is 0 Å². The molecule has 142 valence electrons. The number of carbonyl (C=O) groups excluding carboxylic acids is 2. The van der Waals surface area contributed by atoms with Crippen molar-refractivity contribution >= 4 is 36.0 Å². The summed E-state index contributed by atoms with van der Waals surface area (Å²) in [5, 5.41) is 25.6. The highest BCUT2D eigenvalue weighted by atomic mass is 16.6. The summed E-state index contributed by atoms with van der Waals surface area (Å²) >= 11 is 0. The number of hydrogen-bond donors (Lipinski definition) is 4. The van der Waals surface area contributed by atoms with E-state index < -0.39 is 24.4 Å². The van der Waals surface area contributed by atoms with E-state index in [1.165, 1.54) is 29.3 Å². The number of amides is 2. The van der Waals surface area contributed by atoms with Crippen molar-refractivity contribution in [3.63, 3.8) is 0 Å². The van der Waals surface area contributed by atoms with E-state index in [-0.39, 0.29) is 22.2 Å². The molecule has 2 aliphatic rings. The second-order valence-corrected chi connectivity index (χ2v) is 5.60. The van der Waals surface area contributed by atoms with Gasteiger partial charge in [-0.2, -0.15) is 0 Å². The minimum atomic E-state index is -0.859. The molecule has 0 saturated carbocycles. The summed E-state index contributed by atoms with van der Waals surface area (Å²) < 4.78 is 0. The molecule has 2 aliphatic carbocycles. The SMILES string of the molecule is NC(=O)c1cccc2cc([N+](=O)[O-])cc(C(N)=O)c12.OBO.c1cc2ccc1-2. The first-order chi connectivity index (χ1) is 13.3. The zero-order valence-electron chi connectivity index (χ0n) is 14.5. The molecular weight excluding hydrogens is 365 g/mol. The fraction of sp³-hybridized carbons (Fsp3) is 0. The van der Waals surface area contributed by atoms with Crippen molar-refractivity contribution < 1.29 is 24.6 Å². The van der Waals surface area contributed by atoms with E-state index in [4.69, 9.17) is 21.5 Å². The lowest BCUT2D eigenvalue weighted by atomic mass is 9.95. The summed E-state index contributed by atoms with van der Waals surface area (Å²) in [6, 6.07) is 15.3. The quantitative estimate of drug-likeness (QED) is 0.233. The van der Waals surface area contributed by atoms with Crippen molar-refractivity contribution in [3.05, 3.63) is 75.8 Å². The highest BCUT2D eigenvalue weighted by molar-refractivity contribution is 6.15. The minimum absolute atomic E-state index is 0.0983. The van der Waals surface area contributed by atoms with Crippen molar-refractivity contribution in [1.29, 1.82) is 0 Å². The molecule has 0 saturated heterocycles. The Labute approximate surface area is 159 Å². The Morgan fingerprint density at radius 3 is 1.75 bits per heavy atom. The Balaban J connectivity index is 0.000000253. The monoisotopic (exact) mass is 381 g/mol. The van der Waals surface area contributed by atoms with E-state index in [0.29, 0.717) is 5.39 Å². The third kappa shape index (κ3) is 4.31. The van der Waals surface area contributed by atoms with Crippen LogP contribution >= 0.6 is 0 Å². The summed E-state index contributed by atoms with van der Waals surface area (Å²) in [5.74, 6) is -1.59. The third-order valence-electron chi connectivity index (χ3n) is 3.92. The number of nitro groups is 1. The normalized spacial score (nSPS) is 9.93. The number of nitrogens with two attached hydrogens (primary N) is 2. The minimum Gasteiger partial charge on any atom is -0.430 e. The number of fused-ring (bicyclic) bond motifs is 2. The van der Waals surface area contributed by atoms with Crippen LogP contribution in [0.5, 0.6) is 0 Å². The first-order valence-electron chi connectivity index (χ1n) is 7.93. The van der Waals surface area contributed by atoms with Crippen LogP contribution in [0.25, 0.3) is 21.9 Å².